The summed E-state index contributed by atoms with van der Waals surface area (Å²) in [6, 6.07) is 2.18. The Morgan fingerprint density at radius 1 is 1.35 bits per heavy atom. The average Bonchev–Trinajstić information content (AvgIpc) is 2.31. The molecule has 3 nitrogen and oxygen atoms in total. The quantitative estimate of drug-likeness (QED) is 0.587. The van der Waals surface area contributed by atoms with E-state index in [1.54, 1.807) is 0 Å². The van der Waals surface area contributed by atoms with Crippen molar-refractivity contribution in [3.05, 3.63) is 29.3 Å². The van der Waals surface area contributed by atoms with Crippen LogP contribution >= 0.6 is 0 Å². The number of rotatable bonds is 5. The molecule has 1 rings (SSSR count). The van der Waals surface area contributed by atoms with E-state index in [-0.39, 0.29) is 17.4 Å². The van der Waals surface area contributed by atoms with Crippen molar-refractivity contribution in [2.45, 2.75) is 26.4 Å². The lowest BCUT2D eigenvalue weighted by molar-refractivity contribution is 0.0711. The van der Waals surface area contributed by atoms with Crippen LogP contribution in [0.5, 0.6) is 5.75 Å². The Labute approximate surface area is 99.0 Å². The third-order valence-electron chi connectivity index (χ3n) is 2.29. The maximum absolute atomic E-state index is 13.4. The van der Waals surface area contributed by atoms with Gasteiger partial charge >= 0.3 is 0 Å². The molecule has 0 saturated heterocycles. The van der Waals surface area contributed by atoms with E-state index >= 15 is 0 Å². The first kappa shape index (κ1) is 13.4. The minimum atomic E-state index is -0.738. The van der Waals surface area contributed by atoms with Gasteiger partial charge in [-0.25, -0.2) is 8.78 Å². The molecule has 0 amide bonds. The zero-order valence-electron chi connectivity index (χ0n) is 10.0. The predicted octanol–water partition coefficient (Wildman–Crippen LogP) is 3.12. The summed E-state index contributed by atoms with van der Waals surface area (Å²) < 4.78 is 31.6. The minimum Gasteiger partial charge on any atom is -0.497 e. The molecule has 0 spiro atoms. The highest BCUT2D eigenvalue weighted by atomic mass is 19.1. The minimum absolute atomic E-state index is 0.0874. The van der Waals surface area contributed by atoms with Crippen LogP contribution in [-0.4, -0.2) is 19.4 Å². The Morgan fingerprint density at radius 2 is 1.94 bits per heavy atom. The highest BCUT2D eigenvalue weighted by Gasteiger charge is 2.10. The Bertz CT molecular complexity index is 384. The molecular weight excluding hydrogens is 228 g/mol. The number of hydrogen-bond acceptors (Lipinski definition) is 3. The van der Waals surface area contributed by atoms with Gasteiger partial charge in [-0.1, -0.05) is 12.1 Å². The van der Waals surface area contributed by atoms with Gasteiger partial charge in [-0.3, -0.25) is 0 Å². The van der Waals surface area contributed by atoms with Crippen molar-refractivity contribution < 1.29 is 18.4 Å². The van der Waals surface area contributed by atoms with E-state index < -0.39 is 11.6 Å². The number of oxime groups is 1. The Kier molecular flexibility index (Phi) is 4.87. The fraction of sp³-hybridized carbons (Fsp3) is 0.417. The van der Waals surface area contributed by atoms with Gasteiger partial charge in [0.15, 0.2) is 0 Å². The zero-order valence-corrected chi connectivity index (χ0v) is 10.0. The molecule has 17 heavy (non-hydrogen) atoms. The van der Waals surface area contributed by atoms with Crippen molar-refractivity contribution in [1.29, 1.82) is 0 Å². The highest BCUT2D eigenvalue weighted by molar-refractivity contribution is 5.80. The van der Waals surface area contributed by atoms with Gasteiger partial charge in [0.2, 0.25) is 0 Å². The molecule has 0 aromatic heterocycles. The van der Waals surface area contributed by atoms with Crippen LogP contribution in [0, 0.1) is 11.6 Å². The summed E-state index contributed by atoms with van der Waals surface area (Å²) in [5.74, 6) is -1.35. The van der Waals surface area contributed by atoms with Gasteiger partial charge in [-0.15, -0.1) is 0 Å². The van der Waals surface area contributed by atoms with E-state index in [2.05, 4.69) is 5.16 Å². The summed E-state index contributed by atoms with van der Waals surface area (Å²) in [6.45, 7) is 3.74. The number of halogens is 2. The van der Waals surface area contributed by atoms with Crippen molar-refractivity contribution in [3.63, 3.8) is 0 Å². The first-order valence-electron chi connectivity index (χ1n) is 5.30. The number of nitrogens with zero attached hydrogens (tertiary/aromatic N) is 1. The Balaban J connectivity index is 2.84. The fourth-order valence-corrected chi connectivity index (χ4v) is 1.06. The van der Waals surface area contributed by atoms with Crippen LogP contribution in [0.1, 0.15) is 25.8 Å². The van der Waals surface area contributed by atoms with Gasteiger partial charge in [0.25, 0.3) is 0 Å². The third kappa shape index (κ3) is 3.69. The van der Waals surface area contributed by atoms with Crippen LogP contribution in [0.25, 0.3) is 0 Å². The van der Waals surface area contributed by atoms with Gasteiger partial charge in [0, 0.05) is 12.1 Å². The molecule has 0 radical (unpaired) electrons. The molecule has 1 aromatic rings. The van der Waals surface area contributed by atoms with Crippen LogP contribution in [0.15, 0.2) is 17.3 Å². The number of ether oxygens (including phenoxy) is 1. The molecule has 0 aliphatic carbocycles. The summed E-state index contributed by atoms with van der Waals surface area (Å²) in [5, 5.41) is 3.54. The Hall–Kier alpha value is -1.65. The topological polar surface area (TPSA) is 30.8 Å². The van der Waals surface area contributed by atoms with Gasteiger partial charge < -0.3 is 9.57 Å². The lowest BCUT2D eigenvalue weighted by Gasteiger charge is -2.06. The zero-order chi connectivity index (χ0) is 12.8. The molecule has 0 fully saturated rings. The largest absolute Gasteiger partial charge is 0.497 e. The molecule has 0 bridgehead atoms. The molecule has 0 saturated carbocycles. The van der Waals surface area contributed by atoms with E-state index in [4.69, 9.17) is 9.57 Å². The Morgan fingerprint density at radius 3 is 2.41 bits per heavy atom. The normalized spacial score (nSPS) is 12.8. The molecule has 0 heterocycles. The van der Waals surface area contributed by atoms with E-state index in [0.717, 1.165) is 24.8 Å². The molecule has 5 heteroatoms. The fourth-order valence-electron chi connectivity index (χ4n) is 1.06. The lowest BCUT2D eigenvalue weighted by atomic mass is 10.2. The monoisotopic (exact) mass is 243 g/mol. The van der Waals surface area contributed by atoms with Crippen LogP contribution in [0.4, 0.5) is 8.78 Å². The molecule has 1 atom stereocenters. The maximum atomic E-state index is 13.4. The number of benzene rings is 1. The molecule has 0 aliphatic rings. The predicted molar refractivity (Wildman–Crippen MR) is 61.3 cm³/mol. The van der Waals surface area contributed by atoms with Crippen LogP contribution in [0.3, 0.4) is 0 Å². The van der Waals surface area contributed by atoms with Crippen LogP contribution in [-0.2, 0) is 4.84 Å². The molecule has 94 valence electrons. The van der Waals surface area contributed by atoms with Crippen LogP contribution in [0.2, 0.25) is 0 Å². The first-order chi connectivity index (χ1) is 8.08. The second-order valence-electron chi connectivity index (χ2n) is 3.56. The maximum Gasteiger partial charge on any atom is 0.138 e. The standard InChI is InChI=1S/C12H15F2NO2/c1-4-8(2)17-15-7-10-11(13)5-9(16-3)6-12(10)14/h5-8H,4H2,1-3H3/b15-7+. The van der Waals surface area contributed by atoms with Gasteiger partial charge in [-0.05, 0) is 13.3 Å². The molecule has 0 aliphatic heterocycles. The van der Waals surface area contributed by atoms with E-state index in [1.165, 1.54) is 7.11 Å². The van der Waals surface area contributed by atoms with E-state index in [1.807, 2.05) is 13.8 Å². The number of methoxy groups -OCH3 is 1. The SMILES string of the molecule is CCC(C)O/N=C/c1c(F)cc(OC)cc1F. The van der Waals surface area contributed by atoms with Gasteiger partial charge in [0.05, 0.1) is 18.9 Å². The van der Waals surface area contributed by atoms with Crippen molar-refractivity contribution in [2.24, 2.45) is 5.16 Å². The summed E-state index contributed by atoms with van der Waals surface area (Å²) in [5.41, 5.74) is -0.242. The first-order valence-corrected chi connectivity index (χ1v) is 5.30. The van der Waals surface area contributed by atoms with E-state index in [9.17, 15) is 8.78 Å². The summed E-state index contributed by atoms with van der Waals surface area (Å²) in [4.78, 5) is 4.97. The molecule has 1 unspecified atom stereocenters. The number of hydrogen-bond donors (Lipinski definition) is 0. The highest BCUT2D eigenvalue weighted by Crippen LogP contribution is 2.19. The smallest absolute Gasteiger partial charge is 0.138 e. The second kappa shape index (κ2) is 6.18. The summed E-state index contributed by atoms with van der Waals surface area (Å²) >= 11 is 0. The van der Waals surface area contributed by atoms with E-state index in [0.29, 0.717) is 0 Å². The van der Waals surface area contributed by atoms with Crippen molar-refractivity contribution in [3.8, 4) is 5.75 Å². The van der Waals surface area contributed by atoms with Crippen molar-refractivity contribution >= 4 is 6.21 Å². The lowest BCUT2D eigenvalue weighted by Crippen LogP contribution is -2.02. The molecule has 1 aromatic carbocycles. The van der Waals surface area contributed by atoms with Crippen LogP contribution < -0.4 is 4.74 Å². The molecular formula is C12H15F2NO2. The summed E-state index contributed by atoms with van der Waals surface area (Å²) in [7, 11) is 1.34. The van der Waals surface area contributed by atoms with Crippen molar-refractivity contribution in [2.75, 3.05) is 7.11 Å². The second-order valence-corrected chi connectivity index (χ2v) is 3.56. The van der Waals surface area contributed by atoms with Crippen molar-refractivity contribution in [1.82, 2.24) is 0 Å². The van der Waals surface area contributed by atoms with Gasteiger partial charge in [-0.2, -0.15) is 0 Å². The third-order valence-corrected chi connectivity index (χ3v) is 2.29. The van der Waals surface area contributed by atoms with Gasteiger partial charge in [0.1, 0.15) is 23.5 Å². The average molecular weight is 243 g/mol. The summed E-state index contributed by atoms with van der Waals surface area (Å²) in [6.07, 6.45) is 1.71. The molecule has 0 N–H and O–H groups in total.